The third-order valence-corrected chi connectivity index (χ3v) is 5.00. The minimum Gasteiger partial charge on any atom is -0.465 e. The molecule has 122 valence electrons. The molecule has 1 saturated heterocycles. The molecule has 7 nitrogen and oxygen atoms in total. The number of carbonyl (C=O) groups is 1. The van der Waals surface area contributed by atoms with Gasteiger partial charge in [-0.1, -0.05) is 0 Å². The van der Waals surface area contributed by atoms with Gasteiger partial charge in [0.25, 0.3) is 10.1 Å². The number of carboxylic acid groups (broad SMARTS) is 1. The van der Waals surface area contributed by atoms with Crippen molar-refractivity contribution in [3.63, 3.8) is 0 Å². The van der Waals surface area contributed by atoms with E-state index in [-0.39, 0.29) is 0 Å². The number of hydrogen-bond acceptors (Lipinski definition) is 5. The molecule has 1 aliphatic heterocycles. The molecule has 1 aliphatic carbocycles. The van der Waals surface area contributed by atoms with Gasteiger partial charge in [-0.2, -0.15) is 8.42 Å². The summed E-state index contributed by atoms with van der Waals surface area (Å²) in [4.78, 5) is 14.7. The van der Waals surface area contributed by atoms with E-state index in [9.17, 15) is 13.2 Å². The maximum Gasteiger partial charge on any atom is 0.407 e. The third-order valence-electron chi connectivity index (χ3n) is 4.44. The molecule has 0 radical (unpaired) electrons. The van der Waals surface area contributed by atoms with Crippen LogP contribution in [0.1, 0.15) is 25.7 Å². The summed E-state index contributed by atoms with van der Waals surface area (Å²) >= 11 is 0. The summed E-state index contributed by atoms with van der Waals surface area (Å²) in [5.41, 5.74) is 0. The first kappa shape index (κ1) is 16.5. The van der Waals surface area contributed by atoms with Gasteiger partial charge in [-0.05, 0) is 31.6 Å². The lowest BCUT2D eigenvalue weighted by molar-refractivity contribution is 0.0622. The predicted molar refractivity (Wildman–Crippen MR) is 77.7 cm³/mol. The number of hydrogen-bond donors (Lipinski definition) is 1. The summed E-state index contributed by atoms with van der Waals surface area (Å²) in [7, 11) is -3.34. The minimum absolute atomic E-state index is 0.290. The first-order valence-corrected chi connectivity index (χ1v) is 9.23. The molecule has 1 N–H and O–H groups in total. The molecular weight excluding hydrogens is 296 g/mol. The van der Waals surface area contributed by atoms with E-state index in [4.69, 9.17) is 9.29 Å². The van der Waals surface area contributed by atoms with Gasteiger partial charge in [-0.15, -0.1) is 0 Å². The van der Waals surface area contributed by atoms with E-state index in [1.54, 1.807) is 0 Å². The van der Waals surface area contributed by atoms with Crippen LogP contribution < -0.4 is 0 Å². The molecule has 0 aromatic carbocycles. The zero-order valence-electron chi connectivity index (χ0n) is 12.4. The van der Waals surface area contributed by atoms with Crippen molar-refractivity contribution in [1.82, 2.24) is 9.80 Å². The van der Waals surface area contributed by atoms with Crippen LogP contribution in [0.15, 0.2) is 0 Å². The number of piperazine rings is 1. The molecule has 2 aliphatic rings. The lowest BCUT2D eigenvalue weighted by atomic mass is 9.85. The van der Waals surface area contributed by atoms with Crippen LogP contribution in [-0.4, -0.2) is 74.5 Å². The first-order valence-electron chi connectivity index (χ1n) is 7.41. The largest absolute Gasteiger partial charge is 0.465 e. The second kappa shape index (κ2) is 6.93. The van der Waals surface area contributed by atoms with Crippen molar-refractivity contribution >= 4 is 16.2 Å². The summed E-state index contributed by atoms with van der Waals surface area (Å²) in [6, 6.07) is 0.496. The van der Waals surface area contributed by atoms with Crippen LogP contribution in [0.5, 0.6) is 0 Å². The Bertz CT molecular complexity index is 451. The van der Waals surface area contributed by atoms with Crippen LogP contribution in [0.3, 0.4) is 0 Å². The van der Waals surface area contributed by atoms with Crippen LogP contribution in [-0.2, 0) is 14.3 Å². The quantitative estimate of drug-likeness (QED) is 0.772. The molecule has 8 heteroatoms. The third kappa shape index (κ3) is 5.12. The second-order valence-corrected chi connectivity index (χ2v) is 7.61. The van der Waals surface area contributed by atoms with Crippen molar-refractivity contribution in [3.05, 3.63) is 0 Å². The molecular formula is C13H24N2O5S. The highest BCUT2D eigenvalue weighted by Gasteiger charge is 2.29. The lowest BCUT2D eigenvalue weighted by Crippen LogP contribution is -2.52. The number of amides is 1. The Labute approximate surface area is 126 Å². The van der Waals surface area contributed by atoms with Crippen molar-refractivity contribution in [2.24, 2.45) is 5.92 Å². The van der Waals surface area contributed by atoms with Crippen LogP contribution in [0.2, 0.25) is 0 Å². The zero-order valence-corrected chi connectivity index (χ0v) is 13.2. The average Bonchev–Trinajstić information content (AvgIpc) is 2.45. The van der Waals surface area contributed by atoms with Crippen LogP contribution in [0.25, 0.3) is 0 Å². The Morgan fingerprint density at radius 2 is 1.71 bits per heavy atom. The molecule has 2 fully saturated rings. The predicted octanol–water partition coefficient (Wildman–Crippen LogP) is 0.817. The smallest absolute Gasteiger partial charge is 0.407 e. The Kier molecular flexibility index (Phi) is 5.45. The minimum atomic E-state index is -3.34. The highest BCUT2D eigenvalue weighted by atomic mass is 32.2. The molecule has 1 amide bonds. The van der Waals surface area contributed by atoms with E-state index in [0.29, 0.717) is 31.7 Å². The summed E-state index contributed by atoms with van der Waals surface area (Å²) in [5, 5.41) is 8.94. The molecule has 2 rings (SSSR count). The molecule has 0 bridgehead atoms. The van der Waals surface area contributed by atoms with Gasteiger partial charge < -0.3 is 10.0 Å². The van der Waals surface area contributed by atoms with Crippen molar-refractivity contribution in [2.75, 3.05) is 39.0 Å². The monoisotopic (exact) mass is 320 g/mol. The average molecular weight is 320 g/mol. The van der Waals surface area contributed by atoms with E-state index in [0.717, 1.165) is 45.0 Å². The summed E-state index contributed by atoms with van der Waals surface area (Å²) in [5.74, 6) is 0.316. The molecule has 1 saturated carbocycles. The van der Waals surface area contributed by atoms with Gasteiger partial charge >= 0.3 is 6.09 Å². The van der Waals surface area contributed by atoms with E-state index in [1.807, 2.05) is 0 Å². The molecule has 0 aromatic rings. The molecule has 1 heterocycles. The van der Waals surface area contributed by atoms with Crippen LogP contribution >= 0.6 is 0 Å². The fourth-order valence-electron chi connectivity index (χ4n) is 3.17. The maximum atomic E-state index is 11.0. The Morgan fingerprint density at radius 1 is 1.14 bits per heavy atom. The van der Waals surface area contributed by atoms with Gasteiger partial charge in [0, 0.05) is 32.2 Å². The van der Waals surface area contributed by atoms with Crippen molar-refractivity contribution < 1.29 is 22.5 Å². The van der Waals surface area contributed by atoms with Crippen molar-refractivity contribution in [2.45, 2.75) is 31.7 Å². The van der Waals surface area contributed by atoms with Crippen molar-refractivity contribution in [3.8, 4) is 0 Å². The van der Waals surface area contributed by atoms with Crippen molar-refractivity contribution in [1.29, 1.82) is 0 Å². The van der Waals surface area contributed by atoms with E-state index in [2.05, 4.69) is 4.90 Å². The maximum absolute atomic E-state index is 11.0. The standard InChI is InChI=1S/C13H24N2O5S/c1-21(18,19)20-10-11-2-4-12(5-3-11)14-6-8-15(9-7-14)13(16)17/h11-12H,2-10H2,1H3,(H,16,17)/t11-,12-. The van der Waals surface area contributed by atoms with Gasteiger partial charge in [0.05, 0.1) is 12.9 Å². The topological polar surface area (TPSA) is 87.2 Å². The molecule has 0 spiro atoms. The highest BCUT2D eigenvalue weighted by molar-refractivity contribution is 7.85. The van der Waals surface area contributed by atoms with Gasteiger partial charge in [0.15, 0.2) is 0 Å². The Hall–Kier alpha value is -0.860. The van der Waals surface area contributed by atoms with E-state index in [1.165, 1.54) is 4.90 Å². The highest BCUT2D eigenvalue weighted by Crippen LogP contribution is 2.28. The summed E-state index contributed by atoms with van der Waals surface area (Å²) in [6.07, 6.45) is 4.26. The zero-order chi connectivity index (χ0) is 15.5. The summed E-state index contributed by atoms with van der Waals surface area (Å²) in [6.45, 7) is 3.03. The molecule has 0 atom stereocenters. The Balaban J connectivity index is 1.71. The molecule has 0 unspecified atom stereocenters. The summed E-state index contributed by atoms with van der Waals surface area (Å²) < 4.78 is 26.9. The first-order chi connectivity index (χ1) is 9.85. The van der Waals surface area contributed by atoms with E-state index < -0.39 is 16.2 Å². The fourth-order valence-corrected chi connectivity index (χ4v) is 3.61. The lowest BCUT2D eigenvalue weighted by Gasteiger charge is -2.41. The van der Waals surface area contributed by atoms with Gasteiger partial charge in [0.1, 0.15) is 0 Å². The molecule has 21 heavy (non-hydrogen) atoms. The second-order valence-electron chi connectivity index (χ2n) is 5.97. The normalized spacial score (nSPS) is 28.5. The van der Waals surface area contributed by atoms with Gasteiger partial charge in [0.2, 0.25) is 0 Å². The van der Waals surface area contributed by atoms with Crippen LogP contribution in [0.4, 0.5) is 4.79 Å². The number of rotatable bonds is 4. The van der Waals surface area contributed by atoms with Gasteiger partial charge in [-0.25, -0.2) is 4.79 Å². The fraction of sp³-hybridized carbons (Fsp3) is 0.923. The van der Waals surface area contributed by atoms with Crippen LogP contribution in [0, 0.1) is 5.92 Å². The van der Waals surface area contributed by atoms with Gasteiger partial charge in [-0.3, -0.25) is 9.08 Å². The SMILES string of the molecule is CS(=O)(=O)OC[C@H]1CC[C@H](N2CCN(C(=O)O)CC2)CC1. The van der Waals surface area contributed by atoms with E-state index >= 15 is 0 Å². The number of nitrogens with zero attached hydrogens (tertiary/aromatic N) is 2. The Morgan fingerprint density at radius 3 is 2.19 bits per heavy atom. The molecule has 0 aromatic heterocycles.